The maximum Gasteiger partial charge on any atom is 0.305 e. The lowest BCUT2D eigenvalue weighted by Gasteiger charge is -2.29. The molecule has 0 unspecified atom stereocenters. The smallest absolute Gasteiger partial charge is 0.305 e. The predicted molar refractivity (Wildman–Crippen MR) is 311 cm³/mol. The zero-order valence-corrected chi connectivity index (χ0v) is 50.6. The molecule has 32 nitrogen and oxygen atoms in total. The molecule has 0 saturated heterocycles. The highest BCUT2D eigenvalue weighted by atomic mass is 32.1. The van der Waals surface area contributed by atoms with Gasteiger partial charge in [-0.05, 0) is 96.9 Å². The monoisotopic (exact) mass is 1220 g/mol. The van der Waals surface area contributed by atoms with Crippen LogP contribution in [0.3, 0.4) is 0 Å². The number of aliphatic hydroxyl groups is 1. The summed E-state index contributed by atoms with van der Waals surface area (Å²) in [6.07, 6.45) is -1.45. The Morgan fingerprint density at radius 2 is 0.952 bits per heavy atom. The fraction of sp³-hybridized carbons (Fsp3) is 0.725. The van der Waals surface area contributed by atoms with Crippen molar-refractivity contribution in [3.8, 4) is 0 Å². The number of carbonyl (C=O) groups excluding carboxylic acids is 12. The third-order valence-electron chi connectivity index (χ3n) is 12.3. The van der Waals surface area contributed by atoms with Gasteiger partial charge in [0, 0.05) is 11.3 Å². The Bertz CT molecular complexity index is 2300. The summed E-state index contributed by atoms with van der Waals surface area (Å²) < 4.78 is -0.882. The third kappa shape index (κ3) is 31.3. The van der Waals surface area contributed by atoms with E-state index in [1.807, 2.05) is 0 Å². The van der Waals surface area contributed by atoms with E-state index < -0.39 is 174 Å². The number of primary amides is 1. The van der Waals surface area contributed by atoms with Gasteiger partial charge < -0.3 is 97.4 Å². The molecule has 84 heavy (non-hydrogen) atoms. The number of unbranched alkanes of at least 4 members (excludes halogenated alkanes) is 1. The highest BCUT2D eigenvalue weighted by molar-refractivity contribution is 7.81. The van der Waals surface area contributed by atoms with E-state index in [-0.39, 0.29) is 56.4 Å². The van der Waals surface area contributed by atoms with Crippen molar-refractivity contribution in [2.75, 3.05) is 32.7 Å². The molecule has 0 fully saturated rings. The molecule has 0 aliphatic carbocycles. The van der Waals surface area contributed by atoms with E-state index in [2.05, 4.69) is 76.1 Å². The average molecular weight is 1220 g/mol. The van der Waals surface area contributed by atoms with Crippen LogP contribution in [0.1, 0.15) is 121 Å². The number of carboxylic acid groups (broad SMARTS) is 1. The molecule has 0 bridgehead atoms. The summed E-state index contributed by atoms with van der Waals surface area (Å²) in [5.41, 5.74) is 27.7. The van der Waals surface area contributed by atoms with Crippen LogP contribution >= 0.6 is 12.6 Å². The van der Waals surface area contributed by atoms with Gasteiger partial charge in [-0.2, -0.15) is 12.6 Å². The quantitative estimate of drug-likeness (QED) is 0.0117. The van der Waals surface area contributed by atoms with E-state index in [1.165, 1.54) is 20.8 Å². The van der Waals surface area contributed by atoms with Gasteiger partial charge in [-0.25, -0.2) is 0 Å². The van der Waals surface area contributed by atoms with Gasteiger partial charge in [-0.1, -0.05) is 41.5 Å². The number of carboxylic acids is 1. The lowest BCUT2D eigenvalue weighted by atomic mass is 9.99. The number of thiol groups is 1. The van der Waals surface area contributed by atoms with Crippen molar-refractivity contribution in [3.05, 3.63) is 0 Å². The zero-order chi connectivity index (χ0) is 64.8. The minimum absolute atomic E-state index is 0.0171. The van der Waals surface area contributed by atoms with Crippen LogP contribution in [0.15, 0.2) is 4.99 Å². The Hall–Kier alpha value is -7.39. The molecule has 0 rings (SSSR count). The highest BCUT2D eigenvalue weighted by Gasteiger charge is 2.37. The summed E-state index contributed by atoms with van der Waals surface area (Å²) in [5.74, 6) is -13.7. The van der Waals surface area contributed by atoms with E-state index in [0.717, 1.165) is 6.92 Å². The van der Waals surface area contributed by atoms with E-state index >= 15 is 0 Å². The normalized spacial score (nSPS) is 14.9. The molecule has 478 valence electrons. The van der Waals surface area contributed by atoms with Crippen LogP contribution in [0.25, 0.3) is 0 Å². The van der Waals surface area contributed by atoms with Crippen LogP contribution in [-0.2, 0) is 62.3 Å². The van der Waals surface area contributed by atoms with E-state index in [4.69, 9.17) is 28.7 Å². The van der Waals surface area contributed by atoms with Crippen LogP contribution in [0.4, 0.5) is 0 Å². The molecular weight excluding hydrogens is 1120 g/mol. The molecular formula is C51H93N17O15S. The summed E-state index contributed by atoms with van der Waals surface area (Å²) >= 11 is 4.23. The topological polar surface area (TPSA) is 537 Å². The number of nitrogens with two attached hydrogens (primary N) is 5. The molecule has 33 heteroatoms. The molecule has 0 aromatic carbocycles. The lowest BCUT2D eigenvalue weighted by Crippen LogP contribution is -2.62. The van der Waals surface area contributed by atoms with Gasteiger partial charge >= 0.3 is 5.97 Å². The van der Waals surface area contributed by atoms with Crippen LogP contribution in [-0.4, -0.2) is 191 Å². The molecule has 12 amide bonds. The van der Waals surface area contributed by atoms with Crippen molar-refractivity contribution in [1.29, 1.82) is 0 Å². The second kappa shape index (κ2) is 38.5. The molecule has 0 aromatic rings. The predicted octanol–water partition coefficient (Wildman–Crippen LogP) is -6.46. The summed E-state index contributed by atoms with van der Waals surface area (Å²) in [6, 6.07) is -12.7. The van der Waals surface area contributed by atoms with E-state index in [9.17, 15) is 72.5 Å². The number of nitrogens with one attached hydrogen (secondary N) is 11. The Balaban J connectivity index is 6.21. The SMILES string of the molecule is CC(C)C[C@H](NC(=O)[C@H](C)NC(=O)[C@H](CCCN=C(N)N)NC(=O)CNC(=O)CNC(=O)CNC(=O)[C@@H](N)C(C)(C)S)C(=O)N[C@H](C(=O)N[C@@H](CC(=O)O)C(=O)N[C@H](C(=O)N[C@@H](CC(C)C)C(=O)N[C@@H](CCCCN)C(N)=O)[C@@H](C)O)C(C)C. The maximum atomic E-state index is 14.0. The maximum absolute atomic E-state index is 14.0. The Morgan fingerprint density at radius 3 is 1.43 bits per heavy atom. The van der Waals surface area contributed by atoms with Crippen molar-refractivity contribution in [1.82, 2.24) is 58.5 Å². The first-order valence-corrected chi connectivity index (χ1v) is 28.0. The summed E-state index contributed by atoms with van der Waals surface area (Å²) in [6.45, 7) is 14.2. The van der Waals surface area contributed by atoms with Crippen LogP contribution < -0.4 is 87.2 Å². The van der Waals surface area contributed by atoms with Gasteiger partial charge in [0.25, 0.3) is 0 Å². The van der Waals surface area contributed by atoms with E-state index in [0.29, 0.717) is 19.4 Å². The Labute approximate surface area is 494 Å². The van der Waals surface area contributed by atoms with Gasteiger partial charge in [0.05, 0.1) is 38.2 Å². The van der Waals surface area contributed by atoms with Crippen molar-refractivity contribution >= 4 is 95.4 Å². The van der Waals surface area contributed by atoms with Gasteiger partial charge in [0.2, 0.25) is 70.9 Å². The second-order valence-corrected chi connectivity index (χ2v) is 23.1. The first-order valence-electron chi connectivity index (χ1n) is 27.6. The fourth-order valence-electron chi connectivity index (χ4n) is 7.59. The number of rotatable bonds is 40. The molecule has 0 heterocycles. The minimum atomic E-state index is -1.92. The van der Waals surface area contributed by atoms with Gasteiger partial charge in [0.1, 0.15) is 48.3 Å². The number of hydrogen-bond donors (Lipinski definition) is 19. The summed E-state index contributed by atoms with van der Waals surface area (Å²) in [5, 5.41) is 46.8. The fourth-order valence-corrected chi connectivity index (χ4v) is 7.70. The Kier molecular flexibility index (Phi) is 35.1. The number of nitrogens with zero attached hydrogens (tertiary/aromatic N) is 1. The van der Waals surface area contributed by atoms with Crippen molar-refractivity contribution in [2.45, 2.75) is 186 Å². The van der Waals surface area contributed by atoms with E-state index in [1.54, 1.807) is 41.5 Å². The number of carbonyl (C=O) groups is 13. The van der Waals surface area contributed by atoms with Crippen LogP contribution in [0.2, 0.25) is 0 Å². The minimum Gasteiger partial charge on any atom is -0.481 e. The Morgan fingerprint density at radius 1 is 0.512 bits per heavy atom. The first kappa shape index (κ1) is 76.6. The number of aliphatic imine (C=N–C) groups is 1. The summed E-state index contributed by atoms with van der Waals surface area (Å²) in [4.78, 5) is 174. The number of hydrogen-bond acceptors (Lipinski definition) is 18. The number of aliphatic hydroxyl groups excluding tert-OH is 1. The van der Waals surface area contributed by atoms with Gasteiger partial charge in [0.15, 0.2) is 5.96 Å². The van der Waals surface area contributed by atoms with Crippen molar-refractivity contribution in [3.63, 3.8) is 0 Å². The molecule has 0 spiro atoms. The molecule has 0 aromatic heterocycles. The number of amides is 12. The lowest BCUT2D eigenvalue weighted by molar-refractivity contribution is -0.142. The molecule has 0 aliphatic rings. The average Bonchev–Trinajstić information content (AvgIpc) is 3.52. The molecule has 23 N–H and O–H groups in total. The van der Waals surface area contributed by atoms with Crippen molar-refractivity contribution in [2.24, 2.45) is 51.4 Å². The molecule has 0 aliphatic heterocycles. The first-order chi connectivity index (χ1) is 38.9. The molecule has 10 atom stereocenters. The summed E-state index contributed by atoms with van der Waals surface area (Å²) in [7, 11) is 0. The van der Waals surface area contributed by atoms with Crippen LogP contribution in [0, 0.1) is 17.8 Å². The van der Waals surface area contributed by atoms with Crippen molar-refractivity contribution < 1.29 is 72.5 Å². The molecule has 0 saturated carbocycles. The van der Waals surface area contributed by atoms with Gasteiger partial charge in [-0.3, -0.25) is 67.3 Å². The standard InChI is InChI=1S/C51H93N17O15S/c1-24(2)18-31(44(78)63-29(41(54)75)14-11-12-16-52)65-48(82)39(28(8)69)68-46(80)33(20-37(73)74)66-47(81)38(26(5)6)67-45(79)32(19-25(3)4)64-42(76)27(7)61-43(77)30(15-13-17-57-50(55)56)62-36(72)23-59-34(70)21-58-35(71)22-60-49(83)40(53)51(9,10)84/h24-33,38-40,69,84H,11-23,52-53H2,1-10H3,(H2,54,75)(H,58,71)(H,59,70)(H,60,83)(H,61,77)(H,62,72)(H,63,78)(H,64,76)(H,65,82)(H,66,81)(H,67,79)(H,68,80)(H,73,74)(H4,55,56,57)/t27-,28+,29-,30-,31-,32-,33-,38-,39-,40+/m0/s1. The number of guanidine groups is 1. The van der Waals surface area contributed by atoms with Crippen LogP contribution in [0.5, 0.6) is 0 Å². The highest BCUT2D eigenvalue weighted by Crippen LogP contribution is 2.16. The number of aliphatic carboxylic acids is 1. The zero-order valence-electron chi connectivity index (χ0n) is 49.7. The second-order valence-electron chi connectivity index (χ2n) is 21.9. The van der Waals surface area contributed by atoms with Gasteiger partial charge in [-0.15, -0.1) is 0 Å². The molecule has 0 radical (unpaired) electrons. The largest absolute Gasteiger partial charge is 0.481 e. The third-order valence-corrected chi connectivity index (χ3v) is 12.6.